The molecule has 1 aliphatic heterocycles. The summed E-state index contributed by atoms with van der Waals surface area (Å²) in [5.41, 5.74) is 7.03. The number of sulfonamides is 1. The topological polar surface area (TPSA) is 63.4 Å². The van der Waals surface area contributed by atoms with Crippen molar-refractivity contribution in [3.8, 4) is 11.8 Å². The maximum atomic E-state index is 12.5. The maximum absolute atomic E-state index is 12.5. The van der Waals surface area contributed by atoms with E-state index in [1.807, 2.05) is 6.92 Å². The van der Waals surface area contributed by atoms with Crippen LogP contribution >= 0.6 is 11.8 Å². The van der Waals surface area contributed by atoms with Crippen molar-refractivity contribution in [1.29, 1.82) is 0 Å². The number of benzene rings is 1. The van der Waals surface area contributed by atoms with Gasteiger partial charge < -0.3 is 5.73 Å². The Hall–Kier alpha value is -1.00. The quantitative estimate of drug-likeness (QED) is 0.829. The van der Waals surface area contributed by atoms with E-state index in [1.165, 1.54) is 0 Å². The predicted octanol–water partition coefficient (Wildman–Crippen LogP) is 1.04. The molecule has 0 aromatic heterocycles. The van der Waals surface area contributed by atoms with Gasteiger partial charge in [-0.1, -0.05) is 11.8 Å². The summed E-state index contributed by atoms with van der Waals surface area (Å²) in [5.74, 6) is 7.44. The molecule has 6 heteroatoms. The highest BCUT2D eigenvalue weighted by Gasteiger charge is 2.26. The van der Waals surface area contributed by atoms with Gasteiger partial charge in [0.1, 0.15) is 0 Å². The van der Waals surface area contributed by atoms with Gasteiger partial charge >= 0.3 is 0 Å². The average molecular weight is 310 g/mol. The molecule has 1 fully saturated rings. The molecule has 4 nitrogen and oxygen atoms in total. The van der Waals surface area contributed by atoms with Crippen LogP contribution in [0.2, 0.25) is 0 Å². The smallest absolute Gasteiger partial charge is 0.243 e. The van der Waals surface area contributed by atoms with Crippen molar-refractivity contribution in [2.75, 3.05) is 31.1 Å². The zero-order chi connectivity index (χ0) is 14.6. The molecular formula is C14H18N2O2S2. The fourth-order valence-corrected chi connectivity index (χ4v) is 4.68. The van der Waals surface area contributed by atoms with Crippen molar-refractivity contribution >= 4 is 21.8 Å². The first-order chi connectivity index (χ1) is 9.55. The van der Waals surface area contributed by atoms with Crippen LogP contribution in [-0.4, -0.2) is 43.9 Å². The van der Waals surface area contributed by atoms with Gasteiger partial charge in [0.2, 0.25) is 10.0 Å². The third kappa shape index (κ3) is 3.36. The molecule has 2 N–H and O–H groups in total. The molecular weight excluding hydrogens is 292 g/mol. The van der Waals surface area contributed by atoms with Gasteiger partial charge in [0.05, 0.1) is 11.4 Å². The minimum atomic E-state index is -3.37. The maximum Gasteiger partial charge on any atom is 0.243 e. The van der Waals surface area contributed by atoms with Crippen LogP contribution < -0.4 is 5.73 Å². The van der Waals surface area contributed by atoms with E-state index in [2.05, 4.69) is 11.8 Å². The lowest BCUT2D eigenvalue weighted by molar-refractivity contribution is 0.443. The van der Waals surface area contributed by atoms with E-state index in [4.69, 9.17) is 5.73 Å². The van der Waals surface area contributed by atoms with Crippen LogP contribution in [0.25, 0.3) is 0 Å². The van der Waals surface area contributed by atoms with Crippen molar-refractivity contribution in [2.45, 2.75) is 11.8 Å². The van der Waals surface area contributed by atoms with Crippen molar-refractivity contribution in [1.82, 2.24) is 4.31 Å². The van der Waals surface area contributed by atoms with E-state index in [1.54, 1.807) is 34.3 Å². The Balaban J connectivity index is 2.30. The Kier molecular flexibility index (Phi) is 5.11. The molecule has 0 bridgehead atoms. The van der Waals surface area contributed by atoms with E-state index >= 15 is 0 Å². The predicted molar refractivity (Wildman–Crippen MR) is 83.2 cm³/mol. The Bertz CT molecular complexity index is 639. The van der Waals surface area contributed by atoms with Gasteiger partial charge in [-0.3, -0.25) is 0 Å². The van der Waals surface area contributed by atoms with Gasteiger partial charge in [-0.05, 0) is 30.7 Å². The Morgan fingerprint density at radius 2 is 2.05 bits per heavy atom. The number of thioether (sulfide) groups is 1. The first-order valence-electron chi connectivity index (χ1n) is 6.43. The van der Waals surface area contributed by atoms with Crippen LogP contribution in [0.5, 0.6) is 0 Å². The fourth-order valence-electron chi connectivity index (χ4n) is 2.02. The molecule has 0 unspecified atom stereocenters. The van der Waals surface area contributed by atoms with Gasteiger partial charge in [-0.25, -0.2) is 8.42 Å². The van der Waals surface area contributed by atoms with Crippen molar-refractivity contribution in [2.24, 2.45) is 5.73 Å². The number of nitrogens with two attached hydrogens (primary N) is 1. The highest BCUT2D eigenvalue weighted by molar-refractivity contribution is 7.99. The first kappa shape index (κ1) is 15.4. The zero-order valence-electron chi connectivity index (χ0n) is 11.4. The summed E-state index contributed by atoms with van der Waals surface area (Å²) in [5, 5.41) is 0. The number of hydrogen-bond donors (Lipinski definition) is 1. The molecule has 0 aliphatic carbocycles. The van der Waals surface area contributed by atoms with Gasteiger partial charge in [-0.2, -0.15) is 16.1 Å². The van der Waals surface area contributed by atoms with E-state index < -0.39 is 10.0 Å². The van der Waals surface area contributed by atoms with Crippen LogP contribution in [0, 0.1) is 18.8 Å². The highest BCUT2D eigenvalue weighted by Crippen LogP contribution is 2.22. The second kappa shape index (κ2) is 6.64. The van der Waals surface area contributed by atoms with Crippen molar-refractivity contribution in [3.63, 3.8) is 0 Å². The number of nitrogens with zero attached hydrogens (tertiary/aromatic N) is 1. The summed E-state index contributed by atoms with van der Waals surface area (Å²) >= 11 is 1.79. The monoisotopic (exact) mass is 310 g/mol. The Morgan fingerprint density at radius 3 is 2.65 bits per heavy atom. The molecule has 2 rings (SSSR count). The second-order valence-electron chi connectivity index (χ2n) is 4.50. The van der Waals surface area contributed by atoms with Gasteiger partial charge in [0.25, 0.3) is 0 Å². The normalized spacial score (nSPS) is 16.5. The SMILES string of the molecule is Cc1cc(S(=O)(=O)N2CCSCC2)ccc1C#CCN. The van der Waals surface area contributed by atoms with E-state index in [0.717, 1.165) is 22.6 Å². The molecule has 0 atom stereocenters. The lowest BCUT2D eigenvalue weighted by Crippen LogP contribution is -2.37. The Labute approximate surface area is 124 Å². The van der Waals surface area contributed by atoms with Crippen LogP contribution in [0.3, 0.4) is 0 Å². The molecule has 0 radical (unpaired) electrons. The summed E-state index contributed by atoms with van der Waals surface area (Å²) in [6.45, 7) is 3.33. The summed E-state index contributed by atoms with van der Waals surface area (Å²) in [4.78, 5) is 0.347. The molecule has 0 spiro atoms. The molecule has 1 aromatic carbocycles. The lowest BCUT2D eigenvalue weighted by atomic mass is 10.1. The number of rotatable bonds is 2. The third-order valence-electron chi connectivity index (χ3n) is 3.13. The standard InChI is InChI=1S/C14H18N2O2S2/c1-12-11-14(5-4-13(12)3-2-6-15)20(17,18)16-7-9-19-10-8-16/h4-5,11H,6-10,15H2,1H3. The van der Waals surface area contributed by atoms with Crippen LogP contribution in [-0.2, 0) is 10.0 Å². The summed E-state index contributed by atoms with van der Waals surface area (Å²) in [6, 6.07) is 5.08. The average Bonchev–Trinajstić information content (AvgIpc) is 2.47. The van der Waals surface area contributed by atoms with Crippen molar-refractivity contribution in [3.05, 3.63) is 29.3 Å². The molecule has 1 heterocycles. The van der Waals surface area contributed by atoms with Gasteiger partial charge in [-0.15, -0.1) is 0 Å². The molecule has 0 amide bonds. The fraction of sp³-hybridized carbons (Fsp3) is 0.429. The third-order valence-corrected chi connectivity index (χ3v) is 5.97. The lowest BCUT2D eigenvalue weighted by Gasteiger charge is -2.25. The summed E-state index contributed by atoms with van der Waals surface area (Å²) in [6.07, 6.45) is 0. The van der Waals surface area contributed by atoms with Gasteiger partial charge in [0, 0.05) is 30.2 Å². The number of hydrogen-bond acceptors (Lipinski definition) is 4. The van der Waals surface area contributed by atoms with Crippen LogP contribution in [0.15, 0.2) is 23.1 Å². The molecule has 1 aromatic rings. The van der Waals surface area contributed by atoms with E-state index in [9.17, 15) is 8.42 Å². The van der Waals surface area contributed by atoms with Crippen LogP contribution in [0.1, 0.15) is 11.1 Å². The van der Waals surface area contributed by atoms with E-state index in [0.29, 0.717) is 24.5 Å². The van der Waals surface area contributed by atoms with Crippen LogP contribution in [0.4, 0.5) is 0 Å². The molecule has 0 saturated carbocycles. The van der Waals surface area contributed by atoms with Crippen molar-refractivity contribution < 1.29 is 8.42 Å². The molecule has 108 valence electrons. The Morgan fingerprint density at radius 1 is 1.35 bits per heavy atom. The van der Waals surface area contributed by atoms with Gasteiger partial charge in [0.15, 0.2) is 0 Å². The number of aryl methyl sites for hydroxylation is 1. The minimum absolute atomic E-state index is 0.297. The first-order valence-corrected chi connectivity index (χ1v) is 9.02. The molecule has 1 saturated heterocycles. The zero-order valence-corrected chi connectivity index (χ0v) is 13.1. The second-order valence-corrected chi connectivity index (χ2v) is 7.66. The summed E-state index contributed by atoms with van der Waals surface area (Å²) < 4.78 is 26.6. The van der Waals surface area contributed by atoms with E-state index in [-0.39, 0.29) is 0 Å². The minimum Gasteiger partial charge on any atom is -0.320 e. The molecule has 1 aliphatic rings. The molecule has 20 heavy (non-hydrogen) atoms. The summed E-state index contributed by atoms with van der Waals surface area (Å²) in [7, 11) is -3.37. The largest absolute Gasteiger partial charge is 0.320 e. The highest BCUT2D eigenvalue weighted by atomic mass is 32.2.